The summed E-state index contributed by atoms with van der Waals surface area (Å²) in [7, 11) is 0. The molecule has 0 saturated carbocycles. The largest absolute Gasteiger partial charge is 0.294 e. The second-order valence-electron chi connectivity index (χ2n) is 3.53. The maximum absolute atomic E-state index is 11.2. The highest BCUT2D eigenvalue weighted by atomic mass is 16.1. The molecule has 0 amide bonds. The van der Waals surface area contributed by atoms with Gasteiger partial charge in [-0.2, -0.15) is 0 Å². The Hall–Kier alpha value is -0.850. The van der Waals surface area contributed by atoms with Crippen molar-refractivity contribution in [2.24, 2.45) is 5.92 Å². The van der Waals surface area contributed by atoms with E-state index in [-0.39, 0.29) is 5.78 Å². The number of rotatable bonds is 2. The molecule has 0 bridgehead atoms. The van der Waals surface area contributed by atoms with Crippen LogP contribution in [0.5, 0.6) is 0 Å². The average molecular weight is 150 g/mol. The van der Waals surface area contributed by atoms with Gasteiger partial charge in [0.15, 0.2) is 5.78 Å². The molecular formula is C10H14O. The zero-order chi connectivity index (χ0) is 8.43. The molecule has 0 aliphatic heterocycles. The highest BCUT2D eigenvalue weighted by Crippen LogP contribution is 2.23. The number of hydrogen-bond donors (Lipinski definition) is 0. The first kappa shape index (κ1) is 8.25. The van der Waals surface area contributed by atoms with Crippen molar-refractivity contribution in [2.45, 2.75) is 26.7 Å². The van der Waals surface area contributed by atoms with Crippen LogP contribution in [0, 0.1) is 5.92 Å². The Morgan fingerprint density at radius 1 is 1.64 bits per heavy atom. The predicted molar refractivity (Wildman–Crippen MR) is 46.3 cm³/mol. The van der Waals surface area contributed by atoms with Gasteiger partial charge in [-0.25, -0.2) is 0 Å². The van der Waals surface area contributed by atoms with Crippen LogP contribution in [0.3, 0.4) is 0 Å². The molecule has 0 saturated heterocycles. The Labute approximate surface area is 67.8 Å². The van der Waals surface area contributed by atoms with Gasteiger partial charge < -0.3 is 0 Å². The summed E-state index contributed by atoms with van der Waals surface area (Å²) in [5, 5.41) is 0. The van der Waals surface area contributed by atoms with Crippen LogP contribution in [0.25, 0.3) is 0 Å². The van der Waals surface area contributed by atoms with Crippen LogP contribution < -0.4 is 0 Å². The number of ketones is 1. The monoisotopic (exact) mass is 150 g/mol. The van der Waals surface area contributed by atoms with Gasteiger partial charge in [0.25, 0.3) is 0 Å². The molecule has 1 aliphatic rings. The van der Waals surface area contributed by atoms with Crippen LogP contribution in [-0.4, -0.2) is 5.78 Å². The third-order valence-corrected chi connectivity index (χ3v) is 1.75. The van der Waals surface area contributed by atoms with Crippen molar-refractivity contribution >= 4 is 5.78 Å². The quantitative estimate of drug-likeness (QED) is 0.591. The molecule has 0 atom stereocenters. The van der Waals surface area contributed by atoms with E-state index < -0.39 is 0 Å². The lowest BCUT2D eigenvalue weighted by atomic mass is 10.0. The summed E-state index contributed by atoms with van der Waals surface area (Å²) in [5.41, 5.74) is 1.93. The van der Waals surface area contributed by atoms with Gasteiger partial charge in [0, 0.05) is 6.42 Å². The minimum atomic E-state index is 0.267. The fourth-order valence-electron chi connectivity index (χ4n) is 1.31. The van der Waals surface area contributed by atoms with Gasteiger partial charge in [-0.05, 0) is 23.5 Å². The Morgan fingerprint density at radius 2 is 2.27 bits per heavy atom. The van der Waals surface area contributed by atoms with E-state index in [1.165, 1.54) is 0 Å². The summed E-state index contributed by atoms with van der Waals surface area (Å²) < 4.78 is 0. The SMILES string of the molecule is C=C1C=C(CC(C)C)C(=O)C1. The number of carbonyl (C=O) groups is 1. The number of hydrogen-bond acceptors (Lipinski definition) is 1. The summed E-state index contributed by atoms with van der Waals surface area (Å²) in [6, 6.07) is 0. The van der Waals surface area contributed by atoms with E-state index in [2.05, 4.69) is 20.4 Å². The van der Waals surface area contributed by atoms with E-state index in [1.807, 2.05) is 6.08 Å². The van der Waals surface area contributed by atoms with Gasteiger partial charge in [-0.15, -0.1) is 0 Å². The van der Waals surface area contributed by atoms with Gasteiger partial charge in [0.2, 0.25) is 0 Å². The van der Waals surface area contributed by atoms with Crippen molar-refractivity contribution < 1.29 is 4.79 Å². The molecule has 11 heavy (non-hydrogen) atoms. The van der Waals surface area contributed by atoms with E-state index in [9.17, 15) is 4.79 Å². The summed E-state index contributed by atoms with van der Waals surface area (Å²) in [5.74, 6) is 0.833. The van der Waals surface area contributed by atoms with Crippen LogP contribution in [0.1, 0.15) is 26.7 Å². The van der Waals surface area contributed by atoms with Crippen molar-refractivity contribution in [3.63, 3.8) is 0 Å². The zero-order valence-corrected chi connectivity index (χ0v) is 7.18. The summed E-state index contributed by atoms with van der Waals surface area (Å²) in [6.45, 7) is 8.01. The van der Waals surface area contributed by atoms with E-state index in [0.29, 0.717) is 12.3 Å². The second kappa shape index (κ2) is 3.04. The molecule has 0 heterocycles. The molecule has 60 valence electrons. The molecule has 0 N–H and O–H groups in total. The van der Waals surface area contributed by atoms with Gasteiger partial charge in [0.1, 0.15) is 0 Å². The molecule has 1 aliphatic carbocycles. The van der Waals surface area contributed by atoms with Gasteiger partial charge in [-0.3, -0.25) is 4.79 Å². The summed E-state index contributed by atoms with van der Waals surface area (Å²) in [6.07, 6.45) is 3.38. The minimum Gasteiger partial charge on any atom is -0.294 e. The molecule has 1 nitrogen and oxygen atoms in total. The van der Waals surface area contributed by atoms with E-state index >= 15 is 0 Å². The van der Waals surface area contributed by atoms with E-state index in [1.54, 1.807) is 0 Å². The third kappa shape index (κ3) is 2.04. The van der Waals surface area contributed by atoms with Crippen LogP contribution in [0.2, 0.25) is 0 Å². The average Bonchev–Trinajstić information content (AvgIpc) is 2.09. The fraction of sp³-hybridized carbons (Fsp3) is 0.500. The first-order valence-electron chi connectivity index (χ1n) is 4.01. The van der Waals surface area contributed by atoms with Gasteiger partial charge in [0.05, 0.1) is 0 Å². The first-order chi connectivity index (χ1) is 5.09. The van der Waals surface area contributed by atoms with Crippen molar-refractivity contribution in [1.29, 1.82) is 0 Å². The van der Waals surface area contributed by atoms with Gasteiger partial charge >= 0.3 is 0 Å². The van der Waals surface area contributed by atoms with Crippen LogP contribution in [-0.2, 0) is 4.79 Å². The Bertz CT molecular complexity index is 221. The molecule has 0 unspecified atom stereocenters. The molecule has 0 aromatic rings. The first-order valence-corrected chi connectivity index (χ1v) is 4.01. The Morgan fingerprint density at radius 3 is 2.64 bits per heavy atom. The summed E-state index contributed by atoms with van der Waals surface area (Å²) in [4.78, 5) is 11.2. The van der Waals surface area contributed by atoms with Crippen LogP contribution in [0.4, 0.5) is 0 Å². The standard InChI is InChI=1S/C10H14O/c1-7(2)4-9-5-8(3)6-10(9)11/h5,7H,3-4,6H2,1-2H3. The van der Waals surface area contributed by atoms with Crippen LogP contribution in [0.15, 0.2) is 23.8 Å². The van der Waals surface area contributed by atoms with Crippen molar-refractivity contribution in [3.05, 3.63) is 23.8 Å². The Kier molecular flexibility index (Phi) is 2.28. The second-order valence-corrected chi connectivity index (χ2v) is 3.53. The maximum atomic E-state index is 11.2. The molecular weight excluding hydrogens is 136 g/mol. The Balaban J connectivity index is 2.64. The zero-order valence-electron chi connectivity index (χ0n) is 7.18. The lowest BCUT2D eigenvalue weighted by Gasteiger charge is -2.02. The van der Waals surface area contributed by atoms with Gasteiger partial charge in [-0.1, -0.05) is 26.5 Å². The molecule has 0 fully saturated rings. The number of allylic oxidation sites excluding steroid dienone is 3. The smallest absolute Gasteiger partial charge is 0.163 e. The minimum absolute atomic E-state index is 0.267. The molecule has 1 heteroatoms. The lowest BCUT2D eigenvalue weighted by Crippen LogP contribution is -1.99. The lowest BCUT2D eigenvalue weighted by molar-refractivity contribution is -0.114. The molecule has 1 rings (SSSR count). The highest BCUT2D eigenvalue weighted by Gasteiger charge is 2.17. The van der Waals surface area contributed by atoms with Crippen molar-refractivity contribution in [1.82, 2.24) is 0 Å². The predicted octanol–water partition coefficient (Wildman–Crippen LogP) is 2.49. The number of carbonyl (C=O) groups excluding carboxylic acids is 1. The maximum Gasteiger partial charge on any atom is 0.163 e. The van der Waals surface area contributed by atoms with E-state index in [4.69, 9.17) is 0 Å². The highest BCUT2D eigenvalue weighted by molar-refractivity contribution is 6.00. The van der Waals surface area contributed by atoms with Crippen molar-refractivity contribution in [2.75, 3.05) is 0 Å². The molecule has 0 spiro atoms. The topological polar surface area (TPSA) is 17.1 Å². The van der Waals surface area contributed by atoms with Crippen molar-refractivity contribution in [3.8, 4) is 0 Å². The van der Waals surface area contributed by atoms with E-state index in [0.717, 1.165) is 17.6 Å². The molecule has 0 aromatic heterocycles. The fourth-order valence-corrected chi connectivity index (χ4v) is 1.31. The normalized spacial score (nSPS) is 17.9. The van der Waals surface area contributed by atoms with Crippen LogP contribution >= 0.6 is 0 Å². The molecule has 0 radical (unpaired) electrons. The third-order valence-electron chi connectivity index (χ3n) is 1.75. The molecule has 0 aromatic carbocycles. The summed E-state index contributed by atoms with van der Waals surface area (Å²) >= 11 is 0. The number of Topliss-reactive ketones (excluding diaryl/α,β-unsaturated/α-hetero) is 1.